The van der Waals surface area contributed by atoms with Crippen LogP contribution in [-0.4, -0.2) is 10.3 Å². The van der Waals surface area contributed by atoms with Crippen LogP contribution in [0.4, 0.5) is 5.69 Å². The number of para-hydroxylation sites is 2. The van der Waals surface area contributed by atoms with Crippen molar-refractivity contribution in [3.05, 3.63) is 105 Å². The molecule has 138 valence electrons. The van der Waals surface area contributed by atoms with E-state index in [1.54, 1.807) is 10.6 Å². The fraction of sp³-hybridized carbons (Fsp3) is 0.0800. The second kappa shape index (κ2) is 6.29. The molecule has 0 bridgehead atoms. The Labute approximate surface area is 168 Å². The van der Waals surface area contributed by atoms with Crippen LogP contribution in [0.2, 0.25) is 0 Å². The zero-order valence-electron chi connectivity index (χ0n) is 16.1. The third kappa shape index (κ3) is 2.38. The quantitative estimate of drug-likeness (QED) is 0.416. The first-order valence-electron chi connectivity index (χ1n) is 9.44. The van der Waals surface area contributed by atoms with E-state index >= 15 is 0 Å². The SMILES string of the molecule is Cc1ccccc1N=C1c2cccc(C)c2-n2c1c(C#N)c1ccccc1c2=O. The van der Waals surface area contributed by atoms with E-state index in [1.807, 2.05) is 74.5 Å². The monoisotopic (exact) mass is 375 g/mol. The standard InChI is InChI=1S/C25H17N3O/c1-15-8-3-6-13-21(15)27-22-19-12-7-9-16(2)23(19)28-24(22)20(14-26)17-10-4-5-11-18(17)25(28)29/h3-13H,1-2H3. The summed E-state index contributed by atoms with van der Waals surface area (Å²) in [6.07, 6.45) is 0. The highest BCUT2D eigenvalue weighted by Crippen LogP contribution is 2.35. The van der Waals surface area contributed by atoms with Gasteiger partial charge >= 0.3 is 0 Å². The van der Waals surface area contributed by atoms with Crippen LogP contribution >= 0.6 is 0 Å². The minimum Gasteiger partial charge on any atom is -0.272 e. The second-order valence-corrected chi connectivity index (χ2v) is 7.24. The Morgan fingerprint density at radius 1 is 0.862 bits per heavy atom. The van der Waals surface area contributed by atoms with Crippen molar-refractivity contribution in [2.24, 2.45) is 4.99 Å². The summed E-state index contributed by atoms with van der Waals surface area (Å²) in [7, 11) is 0. The van der Waals surface area contributed by atoms with Gasteiger partial charge in [0.2, 0.25) is 0 Å². The van der Waals surface area contributed by atoms with Gasteiger partial charge in [-0.2, -0.15) is 5.26 Å². The molecule has 2 heterocycles. The van der Waals surface area contributed by atoms with E-state index in [2.05, 4.69) is 6.07 Å². The Hall–Kier alpha value is -3.97. The number of hydrogen-bond donors (Lipinski definition) is 0. The Kier molecular flexibility index (Phi) is 3.72. The van der Waals surface area contributed by atoms with Gasteiger partial charge in [0.25, 0.3) is 5.56 Å². The minimum absolute atomic E-state index is 0.125. The molecule has 3 aromatic carbocycles. The molecule has 0 fully saturated rings. The lowest BCUT2D eigenvalue weighted by atomic mass is 10.0. The molecule has 0 spiro atoms. The van der Waals surface area contributed by atoms with E-state index in [1.165, 1.54) is 0 Å². The first-order chi connectivity index (χ1) is 14.1. The molecule has 0 N–H and O–H groups in total. The largest absolute Gasteiger partial charge is 0.272 e. The molecule has 1 aromatic heterocycles. The van der Waals surface area contributed by atoms with Gasteiger partial charge in [0.15, 0.2) is 0 Å². The van der Waals surface area contributed by atoms with Gasteiger partial charge in [-0.3, -0.25) is 9.36 Å². The van der Waals surface area contributed by atoms with Gasteiger partial charge < -0.3 is 0 Å². The number of pyridine rings is 1. The number of fused-ring (bicyclic) bond motifs is 4. The molecule has 0 saturated heterocycles. The lowest BCUT2D eigenvalue weighted by Crippen LogP contribution is -2.22. The maximum atomic E-state index is 13.5. The Morgan fingerprint density at radius 2 is 1.55 bits per heavy atom. The number of nitrogens with zero attached hydrogens (tertiary/aromatic N) is 3. The molecule has 29 heavy (non-hydrogen) atoms. The van der Waals surface area contributed by atoms with Crippen LogP contribution in [0.25, 0.3) is 16.5 Å². The zero-order chi connectivity index (χ0) is 20.1. The number of benzene rings is 3. The lowest BCUT2D eigenvalue weighted by molar-refractivity contribution is 0.998. The normalized spacial score (nSPS) is 13.3. The molecule has 4 nitrogen and oxygen atoms in total. The summed E-state index contributed by atoms with van der Waals surface area (Å²) in [6, 6.07) is 23.4. The third-order valence-corrected chi connectivity index (χ3v) is 5.49. The van der Waals surface area contributed by atoms with Gasteiger partial charge in [-0.15, -0.1) is 0 Å². The number of aliphatic imine (C=N–C) groups is 1. The summed E-state index contributed by atoms with van der Waals surface area (Å²) in [5.74, 6) is 0. The highest BCUT2D eigenvalue weighted by atomic mass is 16.1. The number of nitriles is 1. The molecule has 0 aliphatic carbocycles. The Balaban J connectivity index is 2.00. The third-order valence-electron chi connectivity index (χ3n) is 5.49. The van der Waals surface area contributed by atoms with Crippen molar-refractivity contribution in [2.75, 3.05) is 0 Å². The van der Waals surface area contributed by atoms with Crippen molar-refractivity contribution < 1.29 is 0 Å². The molecule has 5 rings (SSSR count). The van der Waals surface area contributed by atoms with Crippen LogP contribution in [0.15, 0.2) is 76.5 Å². The van der Waals surface area contributed by atoms with E-state index in [0.717, 1.165) is 28.1 Å². The van der Waals surface area contributed by atoms with Crippen LogP contribution in [0.5, 0.6) is 0 Å². The number of aryl methyl sites for hydroxylation is 2. The van der Waals surface area contributed by atoms with E-state index in [0.29, 0.717) is 27.7 Å². The van der Waals surface area contributed by atoms with Gasteiger partial charge in [-0.05, 0) is 37.1 Å². The predicted molar refractivity (Wildman–Crippen MR) is 115 cm³/mol. The first-order valence-corrected chi connectivity index (χ1v) is 9.44. The van der Waals surface area contributed by atoms with Gasteiger partial charge in [0.1, 0.15) is 6.07 Å². The van der Waals surface area contributed by atoms with Gasteiger partial charge in [0, 0.05) is 16.3 Å². The van der Waals surface area contributed by atoms with Crippen molar-refractivity contribution in [1.82, 2.24) is 4.57 Å². The van der Waals surface area contributed by atoms with Crippen LogP contribution in [0.1, 0.15) is 27.9 Å². The van der Waals surface area contributed by atoms with E-state index in [4.69, 9.17) is 4.99 Å². The van der Waals surface area contributed by atoms with Crippen molar-refractivity contribution in [1.29, 1.82) is 5.26 Å². The number of rotatable bonds is 1. The lowest BCUT2D eigenvalue weighted by Gasteiger charge is -2.11. The average molecular weight is 375 g/mol. The topological polar surface area (TPSA) is 58.1 Å². The predicted octanol–water partition coefficient (Wildman–Crippen LogP) is 4.96. The van der Waals surface area contributed by atoms with Gasteiger partial charge in [0.05, 0.1) is 28.3 Å². The summed E-state index contributed by atoms with van der Waals surface area (Å²) >= 11 is 0. The van der Waals surface area contributed by atoms with Crippen LogP contribution in [0, 0.1) is 25.2 Å². The molecule has 0 saturated carbocycles. The van der Waals surface area contributed by atoms with Gasteiger partial charge in [-0.1, -0.05) is 54.6 Å². The Morgan fingerprint density at radius 3 is 2.31 bits per heavy atom. The summed E-state index contributed by atoms with van der Waals surface area (Å²) in [4.78, 5) is 18.4. The molecule has 0 radical (unpaired) electrons. The van der Waals surface area contributed by atoms with Crippen molar-refractivity contribution >= 4 is 22.2 Å². The van der Waals surface area contributed by atoms with Crippen LogP contribution < -0.4 is 5.56 Å². The fourth-order valence-corrected chi connectivity index (χ4v) is 4.10. The highest BCUT2D eigenvalue weighted by molar-refractivity contribution is 6.21. The van der Waals surface area contributed by atoms with Crippen molar-refractivity contribution in [3.63, 3.8) is 0 Å². The van der Waals surface area contributed by atoms with Crippen molar-refractivity contribution in [2.45, 2.75) is 13.8 Å². The summed E-state index contributed by atoms with van der Waals surface area (Å²) in [6.45, 7) is 3.98. The van der Waals surface area contributed by atoms with Crippen LogP contribution in [0.3, 0.4) is 0 Å². The van der Waals surface area contributed by atoms with Crippen molar-refractivity contribution in [3.8, 4) is 11.8 Å². The summed E-state index contributed by atoms with van der Waals surface area (Å²) in [5.41, 5.74) is 6.10. The molecule has 1 aliphatic rings. The maximum absolute atomic E-state index is 13.5. The molecule has 0 atom stereocenters. The van der Waals surface area contributed by atoms with E-state index in [9.17, 15) is 10.1 Å². The second-order valence-electron chi connectivity index (χ2n) is 7.24. The number of hydrogen-bond acceptors (Lipinski definition) is 3. The summed E-state index contributed by atoms with van der Waals surface area (Å²) < 4.78 is 1.67. The fourth-order valence-electron chi connectivity index (χ4n) is 4.10. The molecule has 4 heteroatoms. The molecular weight excluding hydrogens is 358 g/mol. The molecule has 4 aromatic rings. The molecule has 0 amide bonds. The average Bonchev–Trinajstić information content (AvgIpc) is 3.06. The van der Waals surface area contributed by atoms with E-state index in [-0.39, 0.29) is 5.56 Å². The van der Waals surface area contributed by atoms with Gasteiger partial charge in [-0.25, -0.2) is 4.99 Å². The zero-order valence-corrected chi connectivity index (χ0v) is 16.1. The first kappa shape index (κ1) is 17.2. The molecule has 0 unspecified atom stereocenters. The molecular formula is C25H17N3O. The van der Waals surface area contributed by atoms with Crippen LogP contribution in [-0.2, 0) is 0 Å². The van der Waals surface area contributed by atoms with E-state index < -0.39 is 0 Å². The number of aromatic nitrogens is 1. The summed E-state index contributed by atoms with van der Waals surface area (Å²) in [5, 5.41) is 11.3. The molecule has 1 aliphatic heterocycles. The highest BCUT2D eigenvalue weighted by Gasteiger charge is 2.32. The Bertz CT molecular complexity index is 1450. The smallest absolute Gasteiger partial charge is 0.263 e. The minimum atomic E-state index is -0.125. The maximum Gasteiger partial charge on any atom is 0.263 e.